The molecule has 0 saturated carbocycles. The highest BCUT2D eigenvalue weighted by Gasteiger charge is 2.23. The van der Waals surface area contributed by atoms with E-state index in [0.29, 0.717) is 17.7 Å². The summed E-state index contributed by atoms with van der Waals surface area (Å²) < 4.78 is 5.65. The summed E-state index contributed by atoms with van der Waals surface area (Å²) in [5.41, 5.74) is 7.41. The molecule has 0 bridgehead atoms. The smallest absolute Gasteiger partial charge is 0.239 e. The number of nitrogens with zero attached hydrogens (tertiary/aromatic N) is 3. The molecule has 1 aromatic carbocycles. The zero-order chi connectivity index (χ0) is 17.6. The van der Waals surface area contributed by atoms with Crippen LogP contribution in [-0.4, -0.2) is 34.9 Å². The van der Waals surface area contributed by atoms with Gasteiger partial charge >= 0.3 is 0 Å². The Morgan fingerprint density at radius 3 is 2.68 bits per heavy atom. The first-order valence-electron chi connectivity index (χ1n) is 8.33. The molecule has 1 aliphatic rings. The van der Waals surface area contributed by atoms with Gasteiger partial charge in [-0.25, -0.2) is 4.98 Å². The topological polar surface area (TPSA) is 92.2 Å². The average Bonchev–Trinajstić information content (AvgIpc) is 3.18. The molecule has 1 aromatic heterocycles. The van der Waals surface area contributed by atoms with Crippen LogP contribution >= 0.6 is 0 Å². The zero-order valence-corrected chi connectivity index (χ0v) is 13.9. The highest BCUT2D eigenvalue weighted by molar-refractivity contribution is 5.82. The molecule has 25 heavy (non-hydrogen) atoms. The third kappa shape index (κ3) is 4.14. The summed E-state index contributed by atoms with van der Waals surface area (Å²) in [6, 6.07) is 12.2. The van der Waals surface area contributed by atoms with Crippen LogP contribution in [0.5, 0.6) is 11.6 Å². The largest absolute Gasteiger partial charge is 0.438 e. The quantitative estimate of drug-likeness (QED) is 0.904. The van der Waals surface area contributed by atoms with Crippen molar-refractivity contribution in [1.29, 1.82) is 5.26 Å². The minimum atomic E-state index is -0.522. The molecule has 6 heteroatoms. The lowest BCUT2D eigenvalue weighted by atomic mass is 10.1. The molecule has 1 fully saturated rings. The van der Waals surface area contributed by atoms with Gasteiger partial charge in [-0.3, -0.25) is 4.79 Å². The van der Waals surface area contributed by atoms with Gasteiger partial charge in [0.1, 0.15) is 17.4 Å². The second-order valence-electron chi connectivity index (χ2n) is 6.06. The summed E-state index contributed by atoms with van der Waals surface area (Å²) in [4.78, 5) is 18.2. The normalized spacial score (nSPS) is 14.8. The Hall–Kier alpha value is -2.91. The van der Waals surface area contributed by atoms with Crippen LogP contribution in [0.15, 0.2) is 42.6 Å². The number of carbonyl (C=O) groups is 1. The number of pyridine rings is 1. The lowest BCUT2D eigenvalue weighted by molar-refractivity contribution is -0.131. The van der Waals surface area contributed by atoms with Crippen molar-refractivity contribution in [2.24, 2.45) is 5.73 Å². The van der Waals surface area contributed by atoms with Gasteiger partial charge in [0.15, 0.2) is 0 Å². The summed E-state index contributed by atoms with van der Waals surface area (Å²) in [6.45, 7) is 1.62. The van der Waals surface area contributed by atoms with Gasteiger partial charge < -0.3 is 15.4 Å². The first-order valence-corrected chi connectivity index (χ1v) is 8.33. The third-order valence-corrected chi connectivity index (χ3v) is 4.22. The van der Waals surface area contributed by atoms with Gasteiger partial charge in [-0.05, 0) is 49.1 Å². The summed E-state index contributed by atoms with van der Waals surface area (Å²) in [5.74, 6) is 0.877. The summed E-state index contributed by atoms with van der Waals surface area (Å²) in [6.07, 6.45) is 4.18. The van der Waals surface area contributed by atoms with E-state index in [4.69, 9.17) is 15.7 Å². The molecule has 0 radical (unpaired) electrons. The van der Waals surface area contributed by atoms with E-state index in [9.17, 15) is 4.79 Å². The standard InChI is InChI=1S/C19H20N4O2/c20-13-15-4-3-9-22-18(15)25-16-7-5-14(6-8-16)12-17(21)19(24)23-10-1-2-11-23/h3-9,17H,1-2,10-12,21H2/t17-/m0/s1. The molecule has 1 saturated heterocycles. The molecule has 0 unspecified atom stereocenters. The van der Waals surface area contributed by atoms with Gasteiger partial charge in [-0.2, -0.15) is 5.26 Å². The molecule has 3 rings (SSSR count). The monoisotopic (exact) mass is 336 g/mol. The molecular weight excluding hydrogens is 316 g/mol. The van der Waals surface area contributed by atoms with Crippen molar-refractivity contribution in [3.8, 4) is 17.7 Å². The van der Waals surface area contributed by atoms with E-state index in [2.05, 4.69) is 4.98 Å². The number of rotatable bonds is 5. The minimum Gasteiger partial charge on any atom is -0.438 e. The lowest BCUT2D eigenvalue weighted by Gasteiger charge is -2.20. The van der Waals surface area contributed by atoms with E-state index in [1.54, 1.807) is 30.5 Å². The highest BCUT2D eigenvalue weighted by atomic mass is 16.5. The van der Waals surface area contributed by atoms with Crippen LogP contribution in [0.2, 0.25) is 0 Å². The Bertz CT molecular complexity index is 777. The fourth-order valence-corrected chi connectivity index (χ4v) is 2.88. The fourth-order valence-electron chi connectivity index (χ4n) is 2.88. The van der Waals surface area contributed by atoms with Gasteiger partial charge in [0.2, 0.25) is 11.8 Å². The molecule has 2 heterocycles. The van der Waals surface area contributed by atoms with Crippen LogP contribution in [0.3, 0.4) is 0 Å². The number of ether oxygens (including phenoxy) is 1. The maximum atomic E-state index is 12.3. The van der Waals surface area contributed by atoms with Crippen LogP contribution in [0.4, 0.5) is 0 Å². The number of hydrogen-bond donors (Lipinski definition) is 1. The van der Waals surface area contributed by atoms with Crippen LogP contribution in [0, 0.1) is 11.3 Å². The molecule has 1 aliphatic heterocycles. The predicted octanol–water partition coefficient (Wildman–Crippen LogP) is 2.24. The number of aromatic nitrogens is 1. The Labute approximate surface area is 146 Å². The summed E-state index contributed by atoms with van der Waals surface area (Å²) in [5, 5.41) is 9.06. The highest BCUT2D eigenvalue weighted by Crippen LogP contribution is 2.23. The van der Waals surface area contributed by atoms with Crippen molar-refractivity contribution < 1.29 is 9.53 Å². The number of amides is 1. The number of nitriles is 1. The van der Waals surface area contributed by atoms with E-state index in [1.807, 2.05) is 23.1 Å². The fraction of sp³-hybridized carbons (Fsp3) is 0.316. The first-order chi connectivity index (χ1) is 12.2. The minimum absolute atomic E-state index is 0.0185. The van der Waals surface area contributed by atoms with Crippen molar-refractivity contribution in [2.45, 2.75) is 25.3 Å². The predicted molar refractivity (Wildman–Crippen MR) is 93.0 cm³/mol. The van der Waals surface area contributed by atoms with Gasteiger partial charge in [0.25, 0.3) is 0 Å². The second-order valence-corrected chi connectivity index (χ2v) is 6.06. The van der Waals surface area contributed by atoms with E-state index < -0.39 is 6.04 Å². The molecule has 128 valence electrons. The van der Waals surface area contributed by atoms with Crippen LogP contribution in [0.1, 0.15) is 24.0 Å². The number of nitrogens with two attached hydrogens (primary N) is 1. The van der Waals surface area contributed by atoms with Gasteiger partial charge in [-0.1, -0.05) is 12.1 Å². The SMILES string of the molecule is N#Cc1cccnc1Oc1ccc(C[C@H](N)C(=O)N2CCCC2)cc1. The van der Waals surface area contributed by atoms with Gasteiger partial charge in [0, 0.05) is 19.3 Å². The van der Waals surface area contributed by atoms with Crippen molar-refractivity contribution in [1.82, 2.24) is 9.88 Å². The third-order valence-electron chi connectivity index (χ3n) is 4.22. The molecule has 2 aromatic rings. The number of benzene rings is 1. The lowest BCUT2D eigenvalue weighted by Crippen LogP contribution is -2.43. The first kappa shape index (κ1) is 16.9. The van der Waals surface area contributed by atoms with Gasteiger partial charge in [-0.15, -0.1) is 0 Å². The Kier molecular flexibility index (Phi) is 5.26. The molecule has 0 aliphatic carbocycles. The van der Waals surface area contributed by atoms with Crippen molar-refractivity contribution in [3.63, 3.8) is 0 Å². The number of hydrogen-bond acceptors (Lipinski definition) is 5. The molecule has 0 spiro atoms. The Balaban J connectivity index is 1.62. The maximum Gasteiger partial charge on any atom is 0.239 e. The Morgan fingerprint density at radius 2 is 2.00 bits per heavy atom. The Morgan fingerprint density at radius 1 is 1.28 bits per heavy atom. The zero-order valence-electron chi connectivity index (χ0n) is 13.9. The summed E-state index contributed by atoms with van der Waals surface area (Å²) in [7, 11) is 0. The van der Waals surface area contributed by atoms with E-state index in [-0.39, 0.29) is 11.8 Å². The number of likely N-dealkylation sites (tertiary alicyclic amines) is 1. The van der Waals surface area contributed by atoms with Gasteiger partial charge in [0.05, 0.1) is 6.04 Å². The maximum absolute atomic E-state index is 12.3. The van der Waals surface area contributed by atoms with Crippen LogP contribution in [0.25, 0.3) is 0 Å². The van der Waals surface area contributed by atoms with Crippen molar-refractivity contribution in [3.05, 3.63) is 53.7 Å². The van der Waals surface area contributed by atoms with Crippen molar-refractivity contribution >= 4 is 5.91 Å². The molecule has 2 N–H and O–H groups in total. The molecule has 6 nitrogen and oxygen atoms in total. The van der Waals surface area contributed by atoms with E-state index in [1.165, 1.54) is 0 Å². The molecule has 1 atom stereocenters. The molecule has 1 amide bonds. The van der Waals surface area contributed by atoms with E-state index >= 15 is 0 Å². The number of carbonyl (C=O) groups excluding carboxylic acids is 1. The van der Waals surface area contributed by atoms with Crippen molar-refractivity contribution in [2.75, 3.05) is 13.1 Å². The molecular formula is C19H20N4O2. The second kappa shape index (κ2) is 7.77. The van der Waals surface area contributed by atoms with Crippen LogP contribution < -0.4 is 10.5 Å². The van der Waals surface area contributed by atoms with Crippen LogP contribution in [-0.2, 0) is 11.2 Å². The summed E-state index contributed by atoms with van der Waals surface area (Å²) >= 11 is 0. The average molecular weight is 336 g/mol. The van der Waals surface area contributed by atoms with E-state index in [0.717, 1.165) is 31.5 Å².